The molecule has 0 bridgehead atoms. The number of fused-ring (bicyclic) bond motifs is 1. The Bertz CT molecular complexity index is 1140. The predicted octanol–water partition coefficient (Wildman–Crippen LogP) is 2.66. The highest BCUT2D eigenvalue weighted by Crippen LogP contribution is 2.20. The first kappa shape index (κ1) is 19.2. The van der Waals surface area contributed by atoms with E-state index in [0.29, 0.717) is 17.0 Å². The lowest BCUT2D eigenvalue weighted by Gasteiger charge is -2.18. The Kier molecular flexibility index (Phi) is 5.16. The second-order valence-electron chi connectivity index (χ2n) is 6.03. The third-order valence-corrected chi connectivity index (χ3v) is 4.02. The summed E-state index contributed by atoms with van der Waals surface area (Å²) in [6.45, 7) is -0.502. The number of pyridine rings is 1. The molecule has 6 nitrogen and oxygen atoms in total. The maximum Gasteiger partial charge on any atom is 0.254 e. The topological polar surface area (TPSA) is 82.3 Å². The Labute approximate surface area is 156 Å². The summed E-state index contributed by atoms with van der Waals surface area (Å²) < 4.78 is 39.8. The van der Waals surface area contributed by atoms with Crippen molar-refractivity contribution in [3.05, 3.63) is 75.8 Å². The summed E-state index contributed by atoms with van der Waals surface area (Å²) in [4.78, 5) is 40.2. The van der Waals surface area contributed by atoms with Gasteiger partial charge in [-0.15, -0.1) is 0 Å². The molecule has 28 heavy (non-hydrogen) atoms. The molecule has 0 saturated heterocycles. The van der Waals surface area contributed by atoms with Gasteiger partial charge in [-0.05, 0) is 18.2 Å². The Morgan fingerprint density at radius 3 is 2.54 bits per heavy atom. The SMILES string of the molecule is CN(CC(=O)Nc1ccc(F)c(F)c1F)C(=O)c1cc(=O)[nH]c2ccccc12. The number of H-pyrrole nitrogens is 1. The number of aromatic nitrogens is 1. The van der Waals surface area contributed by atoms with Crippen LogP contribution in [-0.2, 0) is 4.79 Å². The Hall–Kier alpha value is -3.62. The Balaban J connectivity index is 1.79. The van der Waals surface area contributed by atoms with E-state index in [-0.39, 0.29) is 5.56 Å². The summed E-state index contributed by atoms with van der Waals surface area (Å²) in [5.74, 6) is -6.07. The highest BCUT2D eigenvalue weighted by atomic mass is 19.2. The van der Waals surface area contributed by atoms with Crippen molar-refractivity contribution in [2.45, 2.75) is 0 Å². The highest BCUT2D eigenvalue weighted by Gasteiger charge is 2.20. The third kappa shape index (κ3) is 3.73. The van der Waals surface area contributed by atoms with Crippen molar-refractivity contribution in [2.75, 3.05) is 18.9 Å². The number of aromatic amines is 1. The van der Waals surface area contributed by atoms with E-state index >= 15 is 0 Å². The van der Waals surface area contributed by atoms with Crippen molar-refractivity contribution in [2.24, 2.45) is 0 Å². The van der Waals surface area contributed by atoms with E-state index < -0.39 is 47.1 Å². The van der Waals surface area contributed by atoms with Crippen LogP contribution in [0, 0.1) is 17.5 Å². The summed E-state index contributed by atoms with van der Waals surface area (Å²) in [7, 11) is 1.32. The molecule has 3 aromatic rings. The first-order chi connectivity index (χ1) is 13.3. The van der Waals surface area contributed by atoms with Crippen molar-refractivity contribution in [3.8, 4) is 0 Å². The molecular formula is C19H14F3N3O3. The van der Waals surface area contributed by atoms with E-state index in [9.17, 15) is 27.6 Å². The molecule has 2 N–H and O–H groups in total. The molecule has 9 heteroatoms. The smallest absolute Gasteiger partial charge is 0.254 e. The van der Waals surface area contributed by atoms with Crippen molar-refractivity contribution in [1.82, 2.24) is 9.88 Å². The van der Waals surface area contributed by atoms with Gasteiger partial charge in [0.15, 0.2) is 17.5 Å². The van der Waals surface area contributed by atoms with E-state index in [4.69, 9.17) is 0 Å². The minimum Gasteiger partial charge on any atom is -0.332 e. The van der Waals surface area contributed by atoms with Crippen LogP contribution < -0.4 is 10.9 Å². The number of likely N-dealkylation sites (N-methyl/N-ethyl adjacent to an activating group) is 1. The molecule has 0 radical (unpaired) electrons. The molecule has 0 fully saturated rings. The van der Waals surface area contributed by atoms with Crippen LogP contribution in [0.2, 0.25) is 0 Å². The number of hydrogen-bond donors (Lipinski definition) is 2. The maximum atomic E-state index is 13.7. The van der Waals surface area contributed by atoms with Gasteiger partial charge >= 0.3 is 0 Å². The number of para-hydroxylation sites is 1. The van der Waals surface area contributed by atoms with Crippen molar-refractivity contribution in [3.63, 3.8) is 0 Å². The molecule has 1 heterocycles. The average Bonchev–Trinajstić information content (AvgIpc) is 2.67. The number of anilines is 1. The minimum absolute atomic E-state index is 0.0913. The zero-order valence-corrected chi connectivity index (χ0v) is 14.6. The number of carbonyl (C=O) groups is 2. The van der Waals surface area contributed by atoms with Gasteiger partial charge in [0.05, 0.1) is 17.8 Å². The third-order valence-electron chi connectivity index (χ3n) is 4.02. The van der Waals surface area contributed by atoms with Gasteiger partial charge in [-0.2, -0.15) is 0 Å². The summed E-state index contributed by atoms with van der Waals surface area (Å²) in [5.41, 5.74) is -0.483. The van der Waals surface area contributed by atoms with Crippen LogP contribution in [-0.4, -0.2) is 35.3 Å². The largest absolute Gasteiger partial charge is 0.332 e. The predicted molar refractivity (Wildman–Crippen MR) is 96.5 cm³/mol. The molecular weight excluding hydrogens is 375 g/mol. The lowest BCUT2D eigenvalue weighted by atomic mass is 10.1. The van der Waals surface area contributed by atoms with Gasteiger partial charge in [-0.1, -0.05) is 18.2 Å². The molecule has 0 unspecified atom stereocenters. The number of hydrogen-bond acceptors (Lipinski definition) is 3. The zero-order chi connectivity index (χ0) is 20.4. The van der Waals surface area contributed by atoms with Crippen LogP contribution in [0.15, 0.2) is 47.3 Å². The van der Waals surface area contributed by atoms with Crippen LogP contribution in [0.25, 0.3) is 10.9 Å². The number of benzene rings is 2. The van der Waals surface area contributed by atoms with Crippen LogP contribution in [0.4, 0.5) is 18.9 Å². The normalized spacial score (nSPS) is 10.7. The molecule has 0 aliphatic rings. The van der Waals surface area contributed by atoms with Crippen molar-refractivity contribution in [1.29, 1.82) is 0 Å². The summed E-state index contributed by atoms with van der Waals surface area (Å²) >= 11 is 0. The fourth-order valence-corrected chi connectivity index (χ4v) is 2.69. The average molecular weight is 389 g/mol. The van der Waals surface area contributed by atoms with Gasteiger partial charge < -0.3 is 15.2 Å². The standard InChI is InChI=1S/C19H14F3N3O3/c1-25(9-16(27)24-14-7-6-12(20)17(21)18(14)22)19(28)11-8-15(26)23-13-5-3-2-4-10(11)13/h2-8H,9H2,1H3,(H,23,26)(H,24,27). The van der Waals surface area contributed by atoms with Crippen molar-refractivity contribution >= 4 is 28.4 Å². The van der Waals surface area contributed by atoms with Crippen LogP contribution >= 0.6 is 0 Å². The van der Waals surface area contributed by atoms with E-state index in [1.807, 2.05) is 0 Å². The lowest BCUT2D eigenvalue weighted by Crippen LogP contribution is -2.35. The fraction of sp³-hybridized carbons (Fsp3) is 0.105. The van der Waals surface area contributed by atoms with Gasteiger partial charge in [0.2, 0.25) is 11.5 Å². The Morgan fingerprint density at radius 1 is 1.07 bits per heavy atom. The second-order valence-corrected chi connectivity index (χ2v) is 6.03. The van der Waals surface area contributed by atoms with Crippen LogP contribution in [0.5, 0.6) is 0 Å². The molecule has 1 aromatic heterocycles. The van der Waals surface area contributed by atoms with Crippen LogP contribution in [0.3, 0.4) is 0 Å². The summed E-state index contributed by atoms with van der Waals surface area (Å²) in [6.07, 6.45) is 0. The van der Waals surface area contributed by atoms with Gasteiger partial charge in [0.1, 0.15) is 0 Å². The summed E-state index contributed by atoms with van der Waals surface area (Å²) in [5, 5.41) is 2.57. The number of nitrogens with zero attached hydrogens (tertiary/aromatic N) is 1. The van der Waals surface area contributed by atoms with E-state index in [1.54, 1.807) is 24.3 Å². The van der Waals surface area contributed by atoms with Crippen LogP contribution in [0.1, 0.15) is 10.4 Å². The molecule has 0 saturated carbocycles. The maximum absolute atomic E-state index is 13.7. The number of halogens is 3. The molecule has 0 aliphatic heterocycles. The van der Waals surface area contributed by atoms with Gasteiger partial charge in [-0.25, -0.2) is 13.2 Å². The lowest BCUT2D eigenvalue weighted by molar-refractivity contribution is -0.116. The molecule has 0 spiro atoms. The molecule has 3 rings (SSSR count). The first-order valence-corrected chi connectivity index (χ1v) is 8.09. The molecule has 0 atom stereocenters. The van der Waals surface area contributed by atoms with E-state index in [2.05, 4.69) is 10.3 Å². The minimum atomic E-state index is -1.71. The molecule has 0 aliphatic carbocycles. The number of carbonyl (C=O) groups excluding carboxylic acids is 2. The molecule has 144 valence electrons. The van der Waals surface area contributed by atoms with Crippen molar-refractivity contribution < 1.29 is 22.8 Å². The van der Waals surface area contributed by atoms with E-state index in [0.717, 1.165) is 17.0 Å². The van der Waals surface area contributed by atoms with Gasteiger partial charge in [-0.3, -0.25) is 14.4 Å². The highest BCUT2D eigenvalue weighted by molar-refractivity contribution is 6.07. The molecule has 2 amide bonds. The first-order valence-electron chi connectivity index (χ1n) is 8.09. The zero-order valence-electron chi connectivity index (χ0n) is 14.6. The Morgan fingerprint density at radius 2 is 1.79 bits per heavy atom. The monoisotopic (exact) mass is 389 g/mol. The summed E-state index contributed by atoms with van der Waals surface area (Å²) in [6, 6.07) is 9.32. The number of amides is 2. The van der Waals surface area contributed by atoms with Gasteiger partial charge in [0, 0.05) is 24.0 Å². The van der Waals surface area contributed by atoms with E-state index in [1.165, 1.54) is 7.05 Å². The fourth-order valence-electron chi connectivity index (χ4n) is 2.69. The second kappa shape index (κ2) is 7.55. The number of nitrogens with one attached hydrogen (secondary N) is 2. The molecule has 2 aromatic carbocycles. The number of rotatable bonds is 4. The van der Waals surface area contributed by atoms with Gasteiger partial charge in [0.25, 0.3) is 5.91 Å². The quantitative estimate of drug-likeness (QED) is 0.673.